The first-order valence-corrected chi connectivity index (χ1v) is 20.0. The minimum atomic E-state index is -5.50. The summed E-state index contributed by atoms with van der Waals surface area (Å²) in [6.45, 7) is -0.924. The van der Waals surface area contributed by atoms with Gasteiger partial charge in [-0.3, -0.25) is 19.1 Å². The van der Waals surface area contributed by atoms with E-state index >= 15 is 0 Å². The summed E-state index contributed by atoms with van der Waals surface area (Å²) in [6.07, 6.45) is -42.3. The molecule has 0 spiro atoms. The fraction of sp³-hybridized carbons (Fsp3) is 0.857. The van der Waals surface area contributed by atoms with Crippen LogP contribution in [0, 0.1) is 0 Å². The fourth-order valence-corrected chi connectivity index (χ4v) is 7.36. The Morgan fingerprint density at radius 1 is 0.594 bits per heavy atom. The molecule has 4 saturated heterocycles. The molecule has 352 valence electrons. The molecule has 11 N–H and O–H groups in total. The Balaban J connectivity index is 0.00000683. The minimum absolute atomic E-state index is 0. The number of nitrogens with zero attached hydrogens (tertiary/aromatic N) is 2. The van der Waals surface area contributed by atoms with E-state index in [1.165, 1.54) is 0 Å². The first kappa shape index (κ1) is 62.0. The molecule has 4 rings (SSSR count). The largest absolute Gasteiger partial charge is 1.00 e. The van der Waals surface area contributed by atoms with Crippen molar-refractivity contribution in [1.82, 2.24) is 0 Å². The van der Waals surface area contributed by atoms with Crippen LogP contribution in [0.3, 0.4) is 0 Å². The van der Waals surface area contributed by atoms with Gasteiger partial charge in [-0.15, -0.1) is 0 Å². The van der Waals surface area contributed by atoms with Crippen molar-refractivity contribution >= 4 is 44.5 Å². The predicted octanol–water partition coefficient (Wildman–Crippen LogP) is -20.7. The van der Waals surface area contributed by atoms with E-state index in [1.54, 1.807) is 0 Å². The van der Waals surface area contributed by atoms with Gasteiger partial charge in [-0.25, -0.2) is 13.2 Å². The zero-order chi connectivity index (χ0) is 46.0. The average Bonchev–Trinajstić information content (AvgIpc) is 3.13. The number of hydrogen-bond donors (Lipinski definition) is 11. The second-order valence-corrected chi connectivity index (χ2v) is 15.7. The smallest absolute Gasteiger partial charge is 0.862 e. The zero-order valence-electron chi connectivity index (χ0n) is 33.9. The Hall–Kier alpha value is 0.0200. The third-order valence-corrected chi connectivity index (χ3v) is 10.1. The number of aliphatic carboxylic acids is 2. The third-order valence-electron chi connectivity index (χ3n) is 9.19. The van der Waals surface area contributed by atoms with Crippen molar-refractivity contribution in [2.75, 3.05) is 13.2 Å². The summed E-state index contributed by atoms with van der Waals surface area (Å²) in [5.74, 6) is -6.46. The molecule has 36 heteroatoms. The maximum atomic E-state index is 12.6. The molecular weight excluding hydrogens is 961 g/mol. The van der Waals surface area contributed by atoms with Crippen LogP contribution in [0.2, 0.25) is 0 Å². The SMILES string of the molecule is CC([O-])=N[C@@H]1[C@@H](O[C@@H]2O[C@H](C(=O)O)[C@@H](O[C@@H]3O[C@H](COS(=O)(=O)O)[C@H](O)[C@H](O[C@@H]4O[C@H](C(=O)[O-])[C@@H](O)[C@H](O)[C@H]4O)[C@H]3N=C(C)[O-])[C@H](O)[C@H]2O)[C@@H](OS(=O)(=O)O)[C@@H](CO)O[C@H]1O.[Na+].[Na+].[Na+]. The van der Waals surface area contributed by atoms with Gasteiger partial charge in [0.1, 0.15) is 91.4 Å². The molecular formula is C28H41N2Na3O29S2. The number of rotatable bonds is 16. The van der Waals surface area contributed by atoms with Crippen LogP contribution in [0.1, 0.15) is 13.8 Å². The van der Waals surface area contributed by atoms with Crippen molar-refractivity contribution in [3.63, 3.8) is 0 Å². The summed E-state index contributed by atoms with van der Waals surface area (Å²) in [7, 11) is -10.8. The monoisotopic (exact) mass is 1000 g/mol. The molecule has 0 saturated carbocycles. The third kappa shape index (κ3) is 15.8. The fourth-order valence-electron chi connectivity index (χ4n) is 6.54. The van der Waals surface area contributed by atoms with Gasteiger partial charge in [0.05, 0.1) is 19.2 Å². The molecule has 4 aliphatic rings. The summed E-state index contributed by atoms with van der Waals surface area (Å²) in [5, 5.41) is 131. The Bertz CT molecular complexity index is 1830. The number of ether oxygens (including phenoxy) is 7. The normalized spacial score (nSPS) is 41.1. The van der Waals surface area contributed by atoms with E-state index in [1.807, 2.05) is 0 Å². The molecule has 0 aromatic heterocycles. The quantitative estimate of drug-likeness (QED) is 0.0296. The van der Waals surface area contributed by atoms with Gasteiger partial charge in [0, 0.05) is 0 Å². The summed E-state index contributed by atoms with van der Waals surface area (Å²) >= 11 is 0. The van der Waals surface area contributed by atoms with Crippen LogP contribution in [0.4, 0.5) is 0 Å². The molecule has 4 heterocycles. The van der Waals surface area contributed by atoms with Crippen LogP contribution in [0.5, 0.6) is 0 Å². The Morgan fingerprint density at radius 2 is 1.09 bits per heavy atom. The van der Waals surface area contributed by atoms with Crippen molar-refractivity contribution in [2.24, 2.45) is 9.98 Å². The molecule has 0 aromatic carbocycles. The molecule has 0 amide bonds. The van der Waals surface area contributed by atoms with Crippen LogP contribution in [0.15, 0.2) is 9.98 Å². The molecule has 0 aromatic rings. The molecule has 0 radical (unpaired) electrons. The maximum Gasteiger partial charge on any atom is 1.00 e. The predicted molar refractivity (Wildman–Crippen MR) is 175 cm³/mol. The molecule has 64 heavy (non-hydrogen) atoms. The second kappa shape index (κ2) is 25.8. The van der Waals surface area contributed by atoms with E-state index < -0.39 is 180 Å². The van der Waals surface area contributed by atoms with Crippen LogP contribution in [-0.4, -0.2) is 232 Å². The summed E-state index contributed by atoms with van der Waals surface area (Å²) in [6, 6.07) is -4.22. The molecule has 0 bridgehead atoms. The van der Waals surface area contributed by atoms with Gasteiger partial charge in [0.15, 0.2) is 31.3 Å². The first-order valence-electron chi connectivity index (χ1n) is 17.2. The van der Waals surface area contributed by atoms with Gasteiger partial charge < -0.3 is 99.2 Å². The Kier molecular flexibility index (Phi) is 25.0. The van der Waals surface area contributed by atoms with E-state index in [4.69, 9.17) is 37.7 Å². The van der Waals surface area contributed by atoms with E-state index in [-0.39, 0.29) is 88.7 Å². The summed E-state index contributed by atoms with van der Waals surface area (Å²) in [4.78, 5) is 31.4. The molecule has 0 aliphatic carbocycles. The van der Waals surface area contributed by atoms with Crippen LogP contribution >= 0.6 is 0 Å². The minimum Gasteiger partial charge on any atom is -0.862 e. The molecule has 0 unspecified atom stereocenters. The first-order chi connectivity index (χ1) is 28.1. The topological polar surface area (TPSA) is 502 Å². The van der Waals surface area contributed by atoms with E-state index in [0.717, 1.165) is 13.8 Å². The van der Waals surface area contributed by atoms with Crippen molar-refractivity contribution < 1.29 is 227 Å². The molecule has 20 atom stereocenters. The molecule has 4 fully saturated rings. The number of carbonyl (C=O) groups is 2. The van der Waals surface area contributed by atoms with Crippen molar-refractivity contribution in [2.45, 2.75) is 137 Å². The number of carboxylic acid groups (broad SMARTS) is 2. The number of aliphatic hydroxyl groups is 8. The number of aliphatic hydroxyl groups excluding tert-OH is 8. The number of hydrogen-bond acceptors (Lipinski definition) is 28. The standard InChI is InChI=1S/C28H44N2O29S2.3Na/c1-5(32)29-9-19(17(59-61(48,49)50)7(3-31)52-25(9)44)55-28-16(39)14(37)20(22(58-28)24(42)43)56-26-10(30-6(2)33)18(11(34)8(53-26)4-51-60(45,46)47)54-27-15(38)12(35)13(36)21(57-27)23(40)41;;;/h7-22,25-28,31,34-39,44H,3-4H2,1-2H3,(H,29,32)(H,30,33)(H,40,41)(H,42,43)(H,45,46,47)(H,48,49,50);;;/q;3*+1/p-3/t7-,8-,9-,10-,11+,12+,13+,14-,15-,16-,17+,18-,19-,20+,21+,22+,25-,26+,27-,28-;;;/m1.../s1. The Morgan fingerprint density at radius 3 is 1.58 bits per heavy atom. The van der Waals surface area contributed by atoms with Crippen LogP contribution in [0.25, 0.3) is 0 Å². The number of carboxylic acids is 2. The second-order valence-electron chi connectivity index (χ2n) is 13.5. The van der Waals surface area contributed by atoms with Crippen molar-refractivity contribution in [1.29, 1.82) is 0 Å². The van der Waals surface area contributed by atoms with E-state index in [0.29, 0.717) is 0 Å². The van der Waals surface area contributed by atoms with E-state index in [2.05, 4.69) is 18.4 Å². The molecule has 31 nitrogen and oxygen atoms in total. The average molecular weight is 1000 g/mol. The summed E-state index contributed by atoms with van der Waals surface area (Å²) in [5.41, 5.74) is 0. The van der Waals surface area contributed by atoms with Gasteiger partial charge >= 0.3 is 115 Å². The van der Waals surface area contributed by atoms with Crippen molar-refractivity contribution in [3.05, 3.63) is 0 Å². The van der Waals surface area contributed by atoms with E-state index in [9.17, 15) is 92.3 Å². The molecule has 4 aliphatic heterocycles. The number of carbonyl (C=O) groups excluding carboxylic acids is 1. The van der Waals surface area contributed by atoms with Crippen LogP contribution in [-0.2, 0) is 71.9 Å². The van der Waals surface area contributed by atoms with Gasteiger partial charge in [-0.2, -0.15) is 16.8 Å². The van der Waals surface area contributed by atoms with Crippen molar-refractivity contribution in [3.8, 4) is 0 Å². The zero-order valence-corrected chi connectivity index (χ0v) is 41.6. The van der Waals surface area contributed by atoms with Gasteiger partial charge in [-0.1, -0.05) is 0 Å². The maximum absolute atomic E-state index is 12.6. The van der Waals surface area contributed by atoms with Gasteiger partial charge in [0.2, 0.25) is 0 Å². The van der Waals surface area contributed by atoms with Crippen LogP contribution < -0.4 is 104 Å². The van der Waals surface area contributed by atoms with Gasteiger partial charge in [0.25, 0.3) is 0 Å². The Labute approximate surface area is 427 Å². The van der Waals surface area contributed by atoms with Gasteiger partial charge in [-0.05, 0) is 25.6 Å². The number of aliphatic imine (C=N–C) groups is 2. The summed E-state index contributed by atoms with van der Waals surface area (Å²) < 4.78 is 111.